The highest BCUT2D eigenvalue weighted by Crippen LogP contribution is 2.53. The molecule has 0 spiro atoms. The molecule has 23 heavy (non-hydrogen) atoms. The number of hydrogen-bond donors (Lipinski definition) is 2. The number of methoxy groups -OCH3 is 1. The van der Waals surface area contributed by atoms with Crippen molar-refractivity contribution in [2.24, 2.45) is 10.9 Å². The predicted molar refractivity (Wildman–Crippen MR) is 79.1 cm³/mol. The van der Waals surface area contributed by atoms with Gasteiger partial charge in [-0.3, -0.25) is 14.6 Å². The van der Waals surface area contributed by atoms with Gasteiger partial charge in [0, 0.05) is 23.9 Å². The minimum atomic E-state index is -2.38. The zero-order chi connectivity index (χ0) is 16.8. The Morgan fingerprint density at radius 3 is 2.70 bits per heavy atom. The van der Waals surface area contributed by atoms with Crippen LogP contribution in [0.4, 0.5) is 0 Å². The van der Waals surface area contributed by atoms with Gasteiger partial charge in [-0.2, -0.15) is 0 Å². The van der Waals surface area contributed by atoms with Gasteiger partial charge in [0.15, 0.2) is 5.60 Å². The third-order valence-corrected chi connectivity index (χ3v) is 4.37. The third-order valence-electron chi connectivity index (χ3n) is 4.37. The number of Topliss-reactive ketones (excluding diaryl/α,β-unsaturated/α-hetero) is 1. The first-order chi connectivity index (χ1) is 10.9. The van der Waals surface area contributed by atoms with E-state index in [4.69, 9.17) is 9.47 Å². The van der Waals surface area contributed by atoms with Crippen molar-refractivity contribution >= 4 is 17.5 Å². The van der Waals surface area contributed by atoms with Crippen LogP contribution in [0.15, 0.2) is 29.3 Å². The average molecular weight is 319 g/mol. The number of carbonyl (C=O) groups is 2. The minimum absolute atomic E-state index is 0.0191. The van der Waals surface area contributed by atoms with Crippen LogP contribution in [0.5, 0.6) is 0 Å². The number of hydrogen-bond acceptors (Lipinski definition) is 7. The highest BCUT2D eigenvalue weighted by Gasteiger charge is 2.72. The highest BCUT2D eigenvalue weighted by atomic mass is 16.6. The average Bonchev–Trinajstić information content (AvgIpc) is 2.83. The molecule has 7 heteroatoms. The van der Waals surface area contributed by atoms with Crippen molar-refractivity contribution in [1.29, 1.82) is 0 Å². The fourth-order valence-electron chi connectivity index (χ4n) is 3.30. The molecule has 0 radical (unpaired) electrons. The number of ketones is 1. The molecule has 3 atom stereocenters. The molecule has 0 bridgehead atoms. The number of ether oxygens (including phenoxy) is 2. The Morgan fingerprint density at radius 1 is 1.30 bits per heavy atom. The maximum Gasteiger partial charge on any atom is 0.318 e. The van der Waals surface area contributed by atoms with Crippen molar-refractivity contribution < 1.29 is 29.3 Å². The van der Waals surface area contributed by atoms with Gasteiger partial charge in [0.2, 0.25) is 11.5 Å². The summed E-state index contributed by atoms with van der Waals surface area (Å²) in [5.74, 6) is -2.91. The van der Waals surface area contributed by atoms with Gasteiger partial charge < -0.3 is 19.7 Å². The maximum atomic E-state index is 12.7. The molecule has 0 saturated carbocycles. The number of rotatable bonds is 4. The van der Waals surface area contributed by atoms with Crippen LogP contribution >= 0.6 is 0 Å². The van der Waals surface area contributed by atoms with Gasteiger partial charge in [0.25, 0.3) is 0 Å². The van der Waals surface area contributed by atoms with E-state index < -0.39 is 29.0 Å². The molecular weight excluding hydrogens is 302 g/mol. The van der Waals surface area contributed by atoms with E-state index in [2.05, 4.69) is 4.99 Å². The summed E-state index contributed by atoms with van der Waals surface area (Å²) in [5.41, 5.74) is -4.05. The number of esters is 1. The second-order valence-corrected chi connectivity index (χ2v) is 5.66. The summed E-state index contributed by atoms with van der Waals surface area (Å²) in [6.45, 7) is 1.65. The molecule has 1 aromatic carbocycles. The zero-order valence-corrected chi connectivity index (χ0v) is 12.8. The lowest BCUT2D eigenvalue weighted by atomic mass is 9.79. The Bertz CT molecular complexity index is 714. The van der Waals surface area contributed by atoms with Crippen LogP contribution in [-0.2, 0) is 20.0 Å². The number of benzene rings is 1. The third kappa shape index (κ3) is 1.90. The molecule has 0 fully saturated rings. The Morgan fingerprint density at radius 2 is 2.00 bits per heavy atom. The van der Waals surface area contributed by atoms with E-state index in [-0.39, 0.29) is 30.1 Å². The summed E-state index contributed by atoms with van der Waals surface area (Å²) in [7, 11) is 1.46. The van der Waals surface area contributed by atoms with Crippen molar-refractivity contribution in [1.82, 2.24) is 0 Å². The molecule has 0 aromatic heterocycles. The van der Waals surface area contributed by atoms with Crippen LogP contribution in [0, 0.1) is 5.92 Å². The fourth-order valence-corrected chi connectivity index (χ4v) is 3.30. The van der Waals surface area contributed by atoms with Crippen LogP contribution in [0.25, 0.3) is 0 Å². The molecule has 122 valence electrons. The summed E-state index contributed by atoms with van der Waals surface area (Å²) < 4.78 is 9.83. The van der Waals surface area contributed by atoms with E-state index in [1.165, 1.54) is 26.2 Å². The molecule has 1 aliphatic heterocycles. The predicted octanol–water partition coefficient (Wildman–Crippen LogP) is 0.0394. The van der Waals surface area contributed by atoms with Crippen LogP contribution in [-0.4, -0.2) is 53.6 Å². The molecule has 3 rings (SSSR count). The summed E-state index contributed by atoms with van der Waals surface area (Å²) in [6.07, 6.45) is 0. The number of fused-ring (bicyclic) bond motifs is 3. The number of aliphatic imine (C=N–C) groups is 1. The summed E-state index contributed by atoms with van der Waals surface area (Å²) >= 11 is 0. The molecule has 2 N–H and O–H groups in total. The molecule has 7 nitrogen and oxygen atoms in total. The summed E-state index contributed by atoms with van der Waals surface area (Å²) in [4.78, 5) is 29.1. The van der Waals surface area contributed by atoms with E-state index in [1.54, 1.807) is 12.1 Å². The van der Waals surface area contributed by atoms with Gasteiger partial charge in [0.05, 0.1) is 6.61 Å². The second kappa shape index (κ2) is 5.23. The Balaban J connectivity index is 2.03. The van der Waals surface area contributed by atoms with Crippen LogP contribution in [0.1, 0.15) is 22.8 Å². The van der Waals surface area contributed by atoms with Crippen LogP contribution in [0.2, 0.25) is 0 Å². The van der Waals surface area contributed by atoms with Crippen LogP contribution < -0.4 is 0 Å². The summed E-state index contributed by atoms with van der Waals surface area (Å²) in [5, 5.41) is 21.9. The monoisotopic (exact) mass is 319 g/mol. The number of nitrogens with zero attached hydrogens (tertiary/aromatic N) is 1. The normalized spacial score (nSPS) is 31.6. The molecule has 0 amide bonds. The van der Waals surface area contributed by atoms with Gasteiger partial charge in [-0.1, -0.05) is 24.3 Å². The van der Waals surface area contributed by atoms with E-state index in [1.807, 2.05) is 0 Å². The van der Waals surface area contributed by atoms with Gasteiger partial charge >= 0.3 is 5.97 Å². The first kappa shape index (κ1) is 15.8. The van der Waals surface area contributed by atoms with Crippen molar-refractivity contribution in [2.75, 3.05) is 20.3 Å². The van der Waals surface area contributed by atoms with Gasteiger partial charge in [-0.05, 0) is 6.92 Å². The maximum absolute atomic E-state index is 12.7. The SMILES string of the molecule is COCCOC(=O)C1C(C)=N[C@@]2(O)c3ccccc3C(=O)[C@@]12O. The molecule has 1 unspecified atom stereocenters. The molecular formula is C16H17NO6. The molecule has 1 aromatic rings. The fraction of sp³-hybridized carbons (Fsp3) is 0.438. The first-order valence-electron chi connectivity index (χ1n) is 7.19. The van der Waals surface area contributed by atoms with Crippen molar-refractivity contribution in [3.63, 3.8) is 0 Å². The van der Waals surface area contributed by atoms with Gasteiger partial charge in [-0.25, -0.2) is 0 Å². The smallest absolute Gasteiger partial charge is 0.318 e. The minimum Gasteiger partial charge on any atom is -0.463 e. The Labute approximate surface area is 132 Å². The highest BCUT2D eigenvalue weighted by molar-refractivity contribution is 6.18. The lowest BCUT2D eigenvalue weighted by Crippen LogP contribution is -2.56. The Hall–Kier alpha value is -2.09. The largest absolute Gasteiger partial charge is 0.463 e. The van der Waals surface area contributed by atoms with E-state index in [9.17, 15) is 19.8 Å². The van der Waals surface area contributed by atoms with Gasteiger partial charge in [-0.15, -0.1) is 0 Å². The van der Waals surface area contributed by atoms with E-state index in [0.29, 0.717) is 0 Å². The zero-order valence-electron chi connectivity index (χ0n) is 12.8. The standard InChI is InChI=1S/C16H17NO6/c1-9-12(14(19)23-8-7-22-2)15(20)13(18)10-5-3-4-6-11(10)16(15,21)17-9/h3-6,12,20-21H,7-8H2,1-2H3/t12?,15-,16+/m0/s1. The van der Waals surface area contributed by atoms with Crippen molar-refractivity contribution in [3.8, 4) is 0 Å². The Kier molecular flexibility index (Phi) is 3.59. The van der Waals surface area contributed by atoms with Crippen molar-refractivity contribution in [2.45, 2.75) is 18.2 Å². The van der Waals surface area contributed by atoms with E-state index in [0.717, 1.165) is 0 Å². The quantitative estimate of drug-likeness (QED) is 0.599. The lowest BCUT2D eigenvalue weighted by Gasteiger charge is -2.31. The second-order valence-electron chi connectivity index (χ2n) is 5.66. The first-order valence-corrected chi connectivity index (χ1v) is 7.19. The van der Waals surface area contributed by atoms with Crippen molar-refractivity contribution in [3.05, 3.63) is 35.4 Å². The van der Waals surface area contributed by atoms with Crippen LogP contribution in [0.3, 0.4) is 0 Å². The molecule has 1 heterocycles. The summed E-state index contributed by atoms with van der Waals surface area (Å²) in [6, 6.07) is 6.25. The molecule has 1 aliphatic carbocycles. The molecule has 0 saturated heterocycles. The topological polar surface area (TPSA) is 105 Å². The number of carbonyl (C=O) groups excluding carboxylic acids is 2. The lowest BCUT2D eigenvalue weighted by molar-refractivity contribution is -0.165. The molecule has 2 aliphatic rings. The van der Waals surface area contributed by atoms with Gasteiger partial charge in [0.1, 0.15) is 12.5 Å². The van der Waals surface area contributed by atoms with E-state index >= 15 is 0 Å². The number of aliphatic hydroxyl groups is 2.